The van der Waals surface area contributed by atoms with Crippen LogP contribution in [0.1, 0.15) is 10.4 Å². The third kappa shape index (κ3) is 5.26. The van der Waals surface area contributed by atoms with Gasteiger partial charge < -0.3 is 0 Å². The highest BCUT2D eigenvalue weighted by Crippen LogP contribution is 2.14. The minimum absolute atomic E-state index is 0.115. The maximum atomic E-state index is 11.8. The Hall–Kier alpha value is -1.61. The highest BCUT2D eigenvalue weighted by atomic mass is 32.2. The Kier molecular flexibility index (Phi) is 4.53. The number of carbonyl (C=O) groups excluding carboxylic acids is 1. The average Bonchev–Trinajstić information content (AvgIpc) is 2.26. The number of hydrogen-bond donors (Lipinski definition) is 1. The van der Waals surface area contributed by atoms with Gasteiger partial charge in [0, 0.05) is 11.8 Å². The molecule has 0 saturated heterocycles. The number of rotatable bonds is 4. The van der Waals surface area contributed by atoms with Crippen LogP contribution in [0.4, 0.5) is 13.2 Å². The second kappa shape index (κ2) is 5.57. The van der Waals surface area contributed by atoms with E-state index in [4.69, 9.17) is 0 Å². The number of benzene rings is 1. The fourth-order valence-corrected chi connectivity index (χ4v) is 1.78. The molecule has 0 aliphatic carbocycles. The zero-order valence-corrected chi connectivity index (χ0v) is 10.5. The molecule has 0 aromatic heterocycles. The fourth-order valence-electron chi connectivity index (χ4n) is 1.11. The number of nitrogens with one attached hydrogen (secondary N) is 1. The lowest BCUT2D eigenvalue weighted by molar-refractivity contribution is -0.184. The van der Waals surface area contributed by atoms with Gasteiger partial charge in [-0.2, -0.15) is 13.2 Å². The molecule has 0 aliphatic rings. The summed E-state index contributed by atoms with van der Waals surface area (Å²) in [6.07, 6.45) is -3.62. The Balaban J connectivity index is 2.73. The molecule has 0 aliphatic heterocycles. The summed E-state index contributed by atoms with van der Waals surface area (Å²) in [5.74, 6) is -0.963. The molecule has 1 N–H and O–H groups in total. The van der Waals surface area contributed by atoms with Crippen LogP contribution in [0.3, 0.4) is 0 Å². The lowest BCUT2D eigenvalue weighted by Crippen LogP contribution is -2.29. The third-order valence-electron chi connectivity index (χ3n) is 1.93. The molecule has 0 radical (unpaired) electrons. The zero-order valence-electron chi connectivity index (χ0n) is 9.69. The van der Waals surface area contributed by atoms with E-state index in [9.17, 15) is 26.4 Å². The molecular weight excluding hydrogens is 287 g/mol. The molecule has 19 heavy (non-hydrogen) atoms. The van der Waals surface area contributed by atoms with E-state index in [1.807, 2.05) is 0 Å². The molecule has 0 spiro atoms. The van der Waals surface area contributed by atoms with Crippen molar-refractivity contribution in [2.45, 2.75) is 11.1 Å². The number of amides is 1. The predicted molar refractivity (Wildman–Crippen MR) is 59.0 cm³/mol. The molecule has 1 amide bonds. The van der Waals surface area contributed by atoms with Crippen LogP contribution in [0.15, 0.2) is 29.2 Å². The number of carbonyl (C=O) groups is 1. The van der Waals surface area contributed by atoms with E-state index < -0.39 is 28.5 Å². The van der Waals surface area contributed by atoms with Crippen LogP contribution in [-0.2, 0) is 14.7 Å². The Labute approximate surface area is 107 Å². The molecule has 9 heteroatoms. The zero-order chi connectivity index (χ0) is 14.7. The average molecular weight is 297 g/mol. The number of halogens is 3. The summed E-state index contributed by atoms with van der Waals surface area (Å²) in [7, 11) is -3.50. The molecule has 1 aromatic carbocycles. The van der Waals surface area contributed by atoms with E-state index in [-0.39, 0.29) is 10.5 Å². The van der Waals surface area contributed by atoms with E-state index in [2.05, 4.69) is 4.84 Å². The van der Waals surface area contributed by atoms with Gasteiger partial charge in [-0.15, -0.1) is 0 Å². The van der Waals surface area contributed by atoms with Crippen LogP contribution >= 0.6 is 0 Å². The summed E-state index contributed by atoms with van der Waals surface area (Å²) in [5, 5.41) is 0. The normalized spacial score (nSPS) is 12.2. The van der Waals surface area contributed by atoms with Crippen molar-refractivity contribution >= 4 is 15.7 Å². The molecule has 0 saturated carbocycles. The summed E-state index contributed by atoms with van der Waals surface area (Å²) in [4.78, 5) is 15.3. The van der Waals surface area contributed by atoms with Crippen molar-refractivity contribution in [3.63, 3.8) is 0 Å². The van der Waals surface area contributed by atoms with E-state index in [1.54, 1.807) is 5.48 Å². The second-order valence-corrected chi connectivity index (χ2v) is 5.65. The van der Waals surface area contributed by atoms with Crippen LogP contribution in [-0.4, -0.2) is 33.4 Å². The maximum Gasteiger partial charge on any atom is 0.414 e. The maximum absolute atomic E-state index is 11.8. The summed E-state index contributed by atoms with van der Waals surface area (Å²) < 4.78 is 57.8. The summed E-state index contributed by atoms with van der Waals surface area (Å²) >= 11 is 0. The van der Waals surface area contributed by atoms with Gasteiger partial charge >= 0.3 is 6.18 Å². The van der Waals surface area contributed by atoms with Gasteiger partial charge in [-0.25, -0.2) is 13.9 Å². The van der Waals surface area contributed by atoms with Gasteiger partial charge in [-0.3, -0.25) is 9.63 Å². The van der Waals surface area contributed by atoms with E-state index in [0.717, 1.165) is 12.3 Å². The lowest BCUT2D eigenvalue weighted by Gasteiger charge is -2.08. The first-order chi connectivity index (χ1) is 8.59. The Morgan fingerprint density at radius 1 is 1.37 bits per heavy atom. The molecule has 1 aromatic rings. The van der Waals surface area contributed by atoms with Gasteiger partial charge in [0.1, 0.15) is 0 Å². The van der Waals surface area contributed by atoms with Crippen LogP contribution in [0, 0.1) is 0 Å². The molecule has 0 atom stereocenters. The van der Waals surface area contributed by atoms with E-state index >= 15 is 0 Å². The quantitative estimate of drug-likeness (QED) is 0.851. The first-order valence-electron chi connectivity index (χ1n) is 4.88. The van der Waals surface area contributed by atoms with Crippen molar-refractivity contribution in [1.29, 1.82) is 0 Å². The largest absolute Gasteiger partial charge is 0.414 e. The number of sulfone groups is 1. The van der Waals surface area contributed by atoms with Crippen molar-refractivity contribution in [3.8, 4) is 0 Å². The first kappa shape index (κ1) is 15.4. The lowest BCUT2D eigenvalue weighted by atomic mass is 10.2. The molecule has 0 fully saturated rings. The van der Waals surface area contributed by atoms with Crippen molar-refractivity contribution in [2.75, 3.05) is 12.9 Å². The minimum atomic E-state index is -4.57. The van der Waals surface area contributed by atoms with Gasteiger partial charge in [-0.05, 0) is 18.2 Å². The first-order valence-corrected chi connectivity index (χ1v) is 6.78. The fraction of sp³-hybridized carbons (Fsp3) is 0.300. The molecule has 1 rings (SSSR count). The van der Waals surface area contributed by atoms with Crippen LogP contribution in [0.25, 0.3) is 0 Å². The predicted octanol–water partition coefficient (Wildman–Crippen LogP) is 1.31. The minimum Gasteiger partial charge on any atom is -0.267 e. The summed E-state index contributed by atoms with van der Waals surface area (Å²) in [5.41, 5.74) is 1.46. The Morgan fingerprint density at radius 2 is 2.00 bits per heavy atom. The van der Waals surface area contributed by atoms with Gasteiger partial charge in [0.25, 0.3) is 5.91 Å². The highest BCUT2D eigenvalue weighted by Gasteiger charge is 2.28. The van der Waals surface area contributed by atoms with Crippen LogP contribution < -0.4 is 5.48 Å². The number of hydroxylamine groups is 1. The van der Waals surface area contributed by atoms with E-state index in [0.29, 0.717) is 0 Å². The van der Waals surface area contributed by atoms with Crippen molar-refractivity contribution < 1.29 is 31.2 Å². The molecule has 5 nitrogen and oxygen atoms in total. The number of hydrogen-bond acceptors (Lipinski definition) is 4. The van der Waals surface area contributed by atoms with Crippen LogP contribution in [0.5, 0.6) is 0 Å². The molecule has 106 valence electrons. The summed E-state index contributed by atoms with van der Waals surface area (Å²) in [6.45, 7) is -1.63. The highest BCUT2D eigenvalue weighted by molar-refractivity contribution is 7.90. The molecular formula is C10H10F3NO4S. The molecule has 0 bridgehead atoms. The van der Waals surface area contributed by atoms with Gasteiger partial charge in [0.15, 0.2) is 16.4 Å². The topological polar surface area (TPSA) is 72.5 Å². The van der Waals surface area contributed by atoms with Gasteiger partial charge in [0.05, 0.1) is 4.90 Å². The second-order valence-electron chi connectivity index (χ2n) is 3.64. The molecule has 0 unspecified atom stereocenters. The van der Waals surface area contributed by atoms with Gasteiger partial charge in [-0.1, -0.05) is 6.07 Å². The SMILES string of the molecule is CS(=O)(=O)c1cccc(C(=O)NOCC(F)(F)F)c1. The van der Waals surface area contributed by atoms with Crippen molar-refractivity contribution in [1.82, 2.24) is 5.48 Å². The Bertz CT molecular complexity index is 568. The van der Waals surface area contributed by atoms with Crippen molar-refractivity contribution in [3.05, 3.63) is 29.8 Å². The van der Waals surface area contributed by atoms with Gasteiger partial charge in [0.2, 0.25) is 0 Å². The summed E-state index contributed by atoms with van der Waals surface area (Å²) in [6, 6.07) is 4.86. The van der Waals surface area contributed by atoms with Crippen LogP contribution in [0.2, 0.25) is 0 Å². The standard InChI is InChI=1S/C10H10F3NO4S/c1-19(16,17)8-4-2-3-7(5-8)9(15)14-18-6-10(11,12)13/h2-5H,6H2,1H3,(H,14,15). The Morgan fingerprint density at radius 3 is 2.53 bits per heavy atom. The number of alkyl halides is 3. The van der Waals surface area contributed by atoms with Crippen molar-refractivity contribution in [2.24, 2.45) is 0 Å². The van der Waals surface area contributed by atoms with E-state index in [1.165, 1.54) is 18.2 Å². The smallest absolute Gasteiger partial charge is 0.267 e. The third-order valence-corrected chi connectivity index (χ3v) is 3.04. The molecule has 0 heterocycles. The monoisotopic (exact) mass is 297 g/mol.